The summed E-state index contributed by atoms with van der Waals surface area (Å²) >= 11 is -1.90. The third kappa shape index (κ3) is 11.6. The Balaban J connectivity index is 0.000000259. The Kier molecular flexibility index (Phi) is 14.7. The summed E-state index contributed by atoms with van der Waals surface area (Å²) in [4.78, 5) is 14.9. The quantitative estimate of drug-likeness (QED) is 0.112. The zero-order valence-electron chi connectivity index (χ0n) is 43.5. The third-order valence-corrected chi connectivity index (χ3v) is 17.0. The predicted octanol–water partition coefficient (Wildman–Crippen LogP) is 16.7. The molecule has 10 rings (SSSR count). The van der Waals surface area contributed by atoms with Gasteiger partial charge < -0.3 is 8.98 Å². The number of para-hydroxylation sites is 2. The van der Waals surface area contributed by atoms with Crippen LogP contribution in [0.4, 0.5) is 0 Å². The summed E-state index contributed by atoms with van der Waals surface area (Å²) in [5.41, 5.74) is 16.3. The summed E-state index contributed by atoms with van der Waals surface area (Å²) in [7, 11) is 0. The third-order valence-electron chi connectivity index (χ3n) is 12.7. The molecule has 0 spiro atoms. The van der Waals surface area contributed by atoms with Gasteiger partial charge in [-0.15, -0.1) is 23.8 Å². The van der Waals surface area contributed by atoms with Gasteiger partial charge in [-0.3, -0.25) is 4.98 Å². The average molecular weight is 1170 g/mol. The van der Waals surface area contributed by atoms with E-state index >= 15 is 0 Å². The van der Waals surface area contributed by atoms with Gasteiger partial charge in [0.1, 0.15) is 0 Å². The van der Waals surface area contributed by atoms with E-state index in [2.05, 4.69) is 230 Å². The maximum atomic E-state index is 6.30. The molecule has 0 fully saturated rings. The van der Waals surface area contributed by atoms with Gasteiger partial charge >= 0.3 is 132 Å². The van der Waals surface area contributed by atoms with Crippen LogP contribution in [0.1, 0.15) is 79.1 Å². The van der Waals surface area contributed by atoms with Crippen LogP contribution in [0, 0.1) is 23.0 Å². The Morgan fingerprint density at radius 2 is 1.23 bits per heavy atom. The molecular weight excluding hydrogens is 1110 g/mol. The summed E-state index contributed by atoms with van der Waals surface area (Å²) in [5.74, 6) is 8.15. The zero-order chi connectivity index (χ0) is 49.6. The first-order valence-electron chi connectivity index (χ1n) is 24.7. The van der Waals surface area contributed by atoms with E-state index in [0.29, 0.717) is 11.1 Å². The fourth-order valence-corrected chi connectivity index (χ4v) is 12.7. The van der Waals surface area contributed by atoms with Gasteiger partial charge in [-0.05, 0) is 70.3 Å². The number of aromatic nitrogens is 4. The molecular formula is C64H66GeIrN4O-2. The van der Waals surface area contributed by atoms with Gasteiger partial charge in [-0.2, -0.15) is 0 Å². The van der Waals surface area contributed by atoms with Crippen LogP contribution in [0.15, 0.2) is 162 Å². The summed E-state index contributed by atoms with van der Waals surface area (Å²) < 4.78 is 10.2. The van der Waals surface area contributed by atoms with Crippen molar-refractivity contribution in [2.45, 2.75) is 97.8 Å². The summed E-state index contributed by atoms with van der Waals surface area (Å²) in [6, 6.07) is 60.2. The second-order valence-electron chi connectivity index (χ2n) is 23.3. The van der Waals surface area contributed by atoms with E-state index < -0.39 is 13.3 Å². The molecule has 10 aromatic rings. The first-order valence-corrected chi connectivity index (χ1v) is 32.0. The van der Waals surface area contributed by atoms with Crippen LogP contribution in [-0.2, 0) is 38.4 Å². The van der Waals surface area contributed by atoms with E-state index in [1.54, 1.807) is 0 Å². The minimum Gasteiger partial charge on any atom is -0.486 e. The summed E-state index contributed by atoms with van der Waals surface area (Å²) in [5, 5.41) is 2.00. The monoisotopic (exact) mass is 1170 g/mol. The van der Waals surface area contributed by atoms with E-state index in [-0.39, 0.29) is 30.9 Å². The van der Waals surface area contributed by atoms with Gasteiger partial charge in [0.05, 0.1) is 28.1 Å². The molecule has 0 N–H and O–H groups in total. The molecule has 0 aliphatic rings. The fraction of sp³-hybridized carbons (Fsp3) is 0.266. The van der Waals surface area contributed by atoms with E-state index in [1.807, 2.05) is 24.3 Å². The minimum absolute atomic E-state index is 0. The van der Waals surface area contributed by atoms with Crippen LogP contribution in [0.5, 0.6) is 0 Å². The van der Waals surface area contributed by atoms with E-state index in [9.17, 15) is 0 Å². The number of benzene rings is 6. The molecule has 0 atom stereocenters. The van der Waals surface area contributed by atoms with Crippen LogP contribution in [-0.4, -0.2) is 32.8 Å². The van der Waals surface area contributed by atoms with Gasteiger partial charge in [-0.1, -0.05) is 120 Å². The number of imidazole rings is 1. The Bertz CT molecular complexity index is 3400. The van der Waals surface area contributed by atoms with Crippen LogP contribution < -0.4 is 4.40 Å². The molecule has 0 saturated heterocycles. The average Bonchev–Trinajstić information content (AvgIpc) is 3.88. The molecule has 0 aliphatic heterocycles. The summed E-state index contributed by atoms with van der Waals surface area (Å²) in [6.45, 7) is 20.5. The van der Waals surface area contributed by atoms with Crippen molar-refractivity contribution >= 4 is 50.8 Å². The number of fused-ring (bicyclic) bond motifs is 4. The number of nitrogens with zero attached hydrogens (tertiary/aromatic N) is 4. The molecule has 0 amide bonds. The Morgan fingerprint density at radius 1 is 0.606 bits per heavy atom. The van der Waals surface area contributed by atoms with Crippen molar-refractivity contribution < 1.29 is 24.5 Å². The molecule has 4 aromatic heterocycles. The number of hydrogen-bond donors (Lipinski definition) is 0. The van der Waals surface area contributed by atoms with Crippen molar-refractivity contribution in [2.24, 2.45) is 10.8 Å². The van der Waals surface area contributed by atoms with Crippen molar-refractivity contribution in [1.82, 2.24) is 19.5 Å². The minimum atomic E-state index is -1.90. The topological polar surface area (TPSA) is 56.7 Å². The largest absolute Gasteiger partial charge is 0.486 e. The van der Waals surface area contributed by atoms with E-state index in [1.165, 1.54) is 15.5 Å². The molecule has 0 saturated carbocycles. The maximum absolute atomic E-state index is 6.30. The Morgan fingerprint density at radius 3 is 1.82 bits per heavy atom. The predicted molar refractivity (Wildman–Crippen MR) is 298 cm³/mol. The van der Waals surface area contributed by atoms with Crippen molar-refractivity contribution in [3.05, 3.63) is 187 Å². The first-order chi connectivity index (χ1) is 33.2. The van der Waals surface area contributed by atoms with Crippen molar-refractivity contribution in [1.29, 1.82) is 0 Å². The fourth-order valence-electron chi connectivity index (χ4n) is 9.42. The van der Waals surface area contributed by atoms with Crippen molar-refractivity contribution in [2.75, 3.05) is 0 Å². The SMILES string of the molecule is CC(C)(C)Cc1cc(-c2[c-]cccc2)nc[c]1[Ge]([CH3])([CH3])[CH3].CC(C)(C)Cc1ccc2c(n1)oc1c[c-]c(-c3nc4ccccc4n3-c3c(-c4ccccc4)cc(C(C)(C)C)cc3-c3ccccc3)cc12.[Ir]. The molecule has 6 aromatic carbocycles. The number of furan rings is 1. The normalized spacial score (nSPS) is 12.2. The van der Waals surface area contributed by atoms with Crippen LogP contribution >= 0.6 is 0 Å². The molecule has 0 aliphatic carbocycles. The maximum Gasteiger partial charge on any atom is 0.216 e. The molecule has 1 radical (unpaired) electrons. The molecule has 363 valence electrons. The second kappa shape index (κ2) is 20.3. The number of hydrogen-bond acceptors (Lipinski definition) is 4. The molecule has 0 bridgehead atoms. The van der Waals surface area contributed by atoms with Crippen molar-refractivity contribution in [3.8, 4) is 50.6 Å². The Labute approximate surface area is 437 Å². The Hall–Kier alpha value is -5.92. The second-order valence-corrected chi connectivity index (χ2v) is 33.8. The van der Waals surface area contributed by atoms with Crippen LogP contribution in [0.3, 0.4) is 0 Å². The van der Waals surface area contributed by atoms with E-state index in [4.69, 9.17) is 19.4 Å². The van der Waals surface area contributed by atoms with Crippen LogP contribution in [0.25, 0.3) is 83.7 Å². The van der Waals surface area contributed by atoms with Gasteiger partial charge in [0.15, 0.2) is 0 Å². The smallest absolute Gasteiger partial charge is 0.216 e. The molecule has 71 heavy (non-hydrogen) atoms. The van der Waals surface area contributed by atoms with Crippen molar-refractivity contribution in [3.63, 3.8) is 0 Å². The zero-order valence-corrected chi connectivity index (χ0v) is 47.9. The molecule has 7 heteroatoms. The summed E-state index contributed by atoms with van der Waals surface area (Å²) in [6.07, 6.45) is 4.12. The standard InChI is InChI=1S/C45H40N3O.C19H26GeN.Ir/c1-44(2,3)28-33-22-23-34-37-25-31(21-24-40(37)49-43(34)46-33)42-47-38-19-13-14-20-39(38)48(42)41-35(29-15-9-7-10-16-29)26-32(45(4,5)6)27-36(41)30-17-11-8-12-18-30;1-19(2,3)13-16-12-18(15-10-8-7-9-11-15)21-14-17(16)20(4,5)6;/h7-20,22-27H,28H2,1-6H3;7-10,12,14H,13H2,1-6H3;/q2*-1;. The van der Waals surface area contributed by atoms with Crippen LogP contribution in [0.2, 0.25) is 17.3 Å². The van der Waals surface area contributed by atoms with E-state index in [0.717, 1.165) is 96.5 Å². The van der Waals surface area contributed by atoms with Gasteiger partial charge in [0.2, 0.25) is 5.71 Å². The number of rotatable bonds is 8. The molecule has 4 heterocycles. The molecule has 0 unspecified atom stereocenters. The van der Waals surface area contributed by atoms with Gasteiger partial charge in [-0.25, -0.2) is 4.98 Å². The molecule has 5 nitrogen and oxygen atoms in total. The first kappa shape index (κ1) is 51.4. The van der Waals surface area contributed by atoms with Gasteiger partial charge in [0, 0.05) is 42.3 Å². The van der Waals surface area contributed by atoms with Gasteiger partial charge in [0.25, 0.3) is 0 Å². The number of pyridine rings is 2.